The van der Waals surface area contributed by atoms with E-state index in [9.17, 15) is 22.4 Å². The molecule has 4 aromatic rings. The Morgan fingerprint density at radius 1 is 1.09 bits per heavy atom. The Labute approximate surface area is 190 Å². The predicted octanol–water partition coefficient (Wildman–Crippen LogP) is 5.46. The van der Waals surface area contributed by atoms with Gasteiger partial charge in [-0.15, -0.1) is 0 Å². The number of hydrogen-bond donors (Lipinski definition) is 3. The molecule has 0 unspecified atom stereocenters. The number of hydrogen-bond acceptors (Lipinski definition) is 5. The second-order valence-electron chi connectivity index (χ2n) is 7.70. The summed E-state index contributed by atoms with van der Waals surface area (Å²) in [6.45, 7) is 3.82. The maximum absolute atomic E-state index is 14.8. The number of anilines is 3. The van der Waals surface area contributed by atoms with Crippen molar-refractivity contribution in [3.05, 3.63) is 60.2 Å². The number of nitrogen functional groups attached to an aromatic ring is 1. The Balaban J connectivity index is 1.59. The molecular formula is C22H19F4N7O. The molecule has 2 amide bonds. The molecule has 34 heavy (non-hydrogen) atoms. The van der Waals surface area contributed by atoms with Gasteiger partial charge in [0, 0.05) is 17.3 Å². The molecule has 0 atom stereocenters. The molecule has 2 aromatic carbocycles. The zero-order valence-electron chi connectivity index (χ0n) is 18.0. The van der Waals surface area contributed by atoms with Crippen LogP contribution in [0.25, 0.3) is 22.3 Å². The van der Waals surface area contributed by atoms with Crippen molar-refractivity contribution in [1.82, 2.24) is 19.7 Å². The molecule has 4 N–H and O–H groups in total. The highest BCUT2D eigenvalue weighted by Gasteiger charge is 2.30. The number of nitrogens with two attached hydrogens (primary N) is 1. The first-order valence-electron chi connectivity index (χ1n) is 10.1. The number of nitrogens with one attached hydrogen (secondary N) is 2. The van der Waals surface area contributed by atoms with Crippen LogP contribution in [0.2, 0.25) is 0 Å². The number of urea groups is 1. The van der Waals surface area contributed by atoms with Crippen LogP contribution in [-0.4, -0.2) is 25.8 Å². The minimum atomic E-state index is -4.56. The third kappa shape index (κ3) is 4.47. The molecule has 0 saturated carbocycles. The van der Waals surface area contributed by atoms with Gasteiger partial charge in [0.15, 0.2) is 5.65 Å². The minimum Gasteiger partial charge on any atom is -0.383 e. The highest BCUT2D eigenvalue weighted by atomic mass is 19.4. The number of rotatable bonds is 4. The van der Waals surface area contributed by atoms with Crippen LogP contribution in [0.4, 0.5) is 39.5 Å². The summed E-state index contributed by atoms with van der Waals surface area (Å²) in [5, 5.41) is 9.53. The number of amides is 2. The lowest BCUT2D eigenvalue weighted by Crippen LogP contribution is -2.20. The van der Waals surface area contributed by atoms with E-state index in [1.54, 1.807) is 4.68 Å². The number of carbonyl (C=O) groups is 1. The second kappa shape index (κ2) is 8.61. The summed E-state index contributed by atoms with van der Waals surface area (Å²) in [6, 6.07) is 7.16. The fourth-order valence-corrected chi connectivity index (χ4v) is 3.38. The lowest BCUT2D eigenvalue weighted by atomic mass is 10.1. The summed E-state index contributed by atoms with van der Waals surface area (Å²) < 4.78 is 55.0. The normalized spacial score (nSPS) is 11.7. The van der Waals surface area contributed by atoms with E-state index in [1.807, 2.05) is 13.8 Å². The van der Waals surface area contributed by atoms with Crippen LogP contribution >= 0.6 is 0 Å². The van der Waals surface area contributed by atoms with Crippen LogP contribution < -0.4 is 16.4 Å². The monoisotopic (exact) mass is 473 g/mol. The summed E-state index contributed by atoms with van der Waals surface area (Å²) >= 11 is 0. The summed E-state index contributed by atoms with van der Waals surface area (Å²) in [6.07, 6.45) is -3.24. The maximum Gasteiger partial charge on any atom is 0.416 e. The molecule has 0 bridgehead atoms. The Morgan fingerprint density at radius 3 is 2.53 bits per heavy atom. The number of nitrogens with zero attached hydrogens (tertiary/aromatic N) is 4. The lowest BCUT2D eigenvalue weighted by Gasteiger charge is -2.11. The van der Waals surface area contributed by atoms with E-state index in [-0.39, 0.29) is 23.2 Å². The molecule has 12 heteroatoms. The van der Waals surface area contributed by atoms with E-state index >= 15 is 0 Å². The van der Waals surface area contributed by atoms with Crippen molar-refractivity contribution < 1.29 is 22.4 Å². The quantitative estimate of drug-likeness (QED) is 0.341. The molecule has 0 aliphatic rings. The third-order valence-corrected chi connectivity index (χ3v) is 4.95. The van der Waals surface area contributed by atoms with Crippen molar-refractivity contribution in [1.29, 1.82) is 0 Å². The van der Waals surface area contributed by atoms with Crippen molar-refractivity contribution >= 4 is 34.3 Å². The Bertz CT molecular complexity index is 1380. The largest absolute Gasteiger partial charge is 0.416 e. The highest BCUT2D eigenvalue weighted by molar-refractivity contribution is 6.01. The number of alkyl halides is 3. The number of fused-ring (bicyclic) bond motifs is 1. The molecule has 4 rings (SSSR count). The Hall–Kier alpha value is -4.22. The standard InChI is InChI=1S/C22H19F4N7O/c1-11(2)33-20-17(19(27)28-10-29-20)18(32-33)12-6-7-16(15(23)8-12)31-21(34)30-14-5-3-4-13(9-14)22(24,25)26/h3-11H,1-2H3,(H2,27,28,29)(H2,30,31,34). The molecule has 2 heterocycles. The van der Waals surface area contributed by atoms with Crippen molar-refractivity contribution in [3.8, 4) is 11.3 Å². The average molecular weight is 473 g/mol. The predicted molar refractivity (Wildman–Crippen MR) is 120 cm³/mol. The van der Waals surface area contributed by atoms with E-state index in [1.165, 1.54) is 30.6 Å². The van der Waals surface area contributed by atoms with Gasteiger partial charge in [-0.1, -0.05) is 12.1 Å². The molecule has 0 fully saturated rings. The molecule has 0 saturated heterocycles. The van der Waals surface area contributed by atoms with Gasteiger partial charge in [-0.05, 0) is 44.2 Å². The number of carbonyl (C=O) groups excluding carboxylic acids is 1. The zero-order chi connectivity index (χ0) is 24.6. The molecule has 0 radical (unpaired) electrons. The molecule has 0 aliphatic heterocycles. The second-order valence-corrected chi connectivity index (χ2v) is 7.70. The summed E-state index contributed by atoms with van der Waals surface area (Å²) in [7, 11) is 0. The van der Waals surface area contributed by atoms with Gasteiger partial charge in [-0.3, -0.25) is 0 Å². The van der Waals surface area contributed by atoms with Gasteiger partial charge >= 0.3 is 12.2 Å². The fourth-order valence-electron chi connectivity index (χ4n) is 3.38. The van der Waals surface area contributed by atoms with E-state index < -0.39 is 23.6 Å². The molecule has 176 valence electrons. The minimum absolute atomic E-state index is 0.0455. The molecular weight excluding hydrogens is 454 g/mol. The Morgan fingerprint density at radius 2 is 1.85 bits per heavy atom. The van der Waals surface area contributed by atoms with Gasteiger partial charge in [-0.25, -0.2) is 23.8 Å². The number of aromatic nitrogens is 4. The smallest absolute Gasteiger partial charge is 0.383 e. The summed E-state index contributed by atoms with van der Waals surface area (Å²) in [4.78, 5) is 20.4. The van der Waals surface area contributed by atoms with Gasteiger partial charge < -0.3 is 16.4 Å². The number of halogens is 4. The van der Waals surface area contributed by atoms with Gasteiger partial charge in [-0.2, -0.15) is 18.3 Å². The van der Waals surface area contributed by atoms with Crippen LogP contribution in [0.1, 0.15) is 25.5 Å². The first kappa shape index (κ1) is 23.0. The topological polar surface area (TPSA) is 111 Å². The van der Waals surface area contributed by atoms with E-state index in [2.05, 4.69) is 25.7 Å². The molecule has 0 spiro atoms. The molecule has 0 aliphatic carbocycles. The summed E-state index contributed by atoms with van der Waals surface area (Å²) in [5.41, 5.74) is 6.09. The van der Waals surface area contributed by atoms with Gasteiger partial charge in [0.25, 0.3) is 0 Å². The van der Waals surface area contributed by atoms with Crippen LogP contribution in [0, 0.1) is 5.82 Å². The first-order chi connectivity index (χ1) is 16.0. The fraction of sp³-hybridized carbons (Fsp3) is 0.182. The molecule has 2 aromatic heterocycles. The van der Waals surface area contributed by atoms with E-state index in [0.29, 0.717) is 22.3 Å². The van der Waals surface area contributed by atoms with Crippen molar-refractivity contribution in [2.75, 3.05) is 16.4 Å². The summed E-state index contributed by atoms with van der Waals surface area (Å²) in [5.74, 6) is -0.589. The third-order valence-electron chi connectivity index (χ3n) is 4.95. The van der Waals surface area contributed by atoms with E-state index in [4.69, 9.17) is 5.73 Å². The number of benzene rings is 2. The zero-order valence-corrected chi connectivity index (χ0v) is 18.0. The van der Waals surface area contributed by atoms with Crippen molar-refractivity contribution in [2.24, 2.45) is 0 Å². The maximum atomic E-state index is 14.8. The van der Waals surface area contributed by atoms with Crippen molar-refractivity contribution in [2.45, 2.75) is 26.1 Å². The van der Waals surface area contributed by atoms with Gasteiger partial charge in [0.2, 0.25) is 0 Å². The van der Waals surface area contributed by atoms with Crippen LogP contribution in [0.15, 0.2) is 48.8 Å². The van der Waals surface area contributed by atoms with Crippen LogP contribution in [0.3, 0.4) is 0 Å². The van der Waals surface area contributed by atoms with Crippen molar-refractivity contribution in [3.63, 3.8) is 0 Å². The SMILES string of the molecule is CC(C)n1nc(-c2ccc(NC(=O)Nc3cccc(C(F)(F)F)c3)c(F)c2)c2c(N)ncnc21. The van der Waals surface area contributed by atoms with Gasteiger partial charge in [0.05, 0.1) is 16.6 Å². The molecule has 8 nitrogen and oxygen atoms in total. The highest BCUT2D eigenvalue weighted by Crippen LogP contribution is 2.33. The van der Waals surface area contributed by atoms with Crippen LogP contribution in [0.5, 0.6) is 0 Å². The average Bonchev–Trinajstić information content (AvgIpc) is 3.16. The van der Waals surface area contributed by atoms with E-state index in [0.717, 1.165) is 18.2 Å². The first-order valence-corrected chi connectivity index (χ1v) is 10.1. The Kier molecular flexibility index (Phi) is 5.82. The van der Waals surface area contributed by atoms with Gasteiger partial charge in [0.1, 0.15) is 23.7 Å². The lowest BCUT2D eigenvalue weighted by molar-refractivity contribution is -0.137. The van der Waals surface area contributed by atoms with Crippen LogP contribution in [-0.2, 0) is 6.18 Å².